The Hall–Kier alpha value is -3.80. The van der Waals surface area contributed by atoms with Gasteiger partial charge in [-0.25, -0.2) is 0 Å². The molecule has 0 aliphatic carbocycles. The van der Waals surface area contributed by atoms with Crippen LogP contribution in [0.25, 0.3) is 22.2 Å². The van der Waals surface area contributed by atoms with E-state index in [1.807, 2.05) is 42.5 Å². The zero-order chi connectivity index (χ0) is 19.5. The number of ether oxygens (including phenoxy) is 2. The highest BCUT2D eigenvalue weighted by atomic mass is 16.5. The standard InChI is InChI=1S/C22H18N2O4/c1-26-16-7-5-6-15(12-16)21(25)24-22-23-18-11-10-14(13-20(18)28-22)17-8-3-4-9-19(17)27-2/h3-13H,1-2H3,(H,23,24,25). The van der Waals surface area contributed by atoms with Crippen LogP contribution in [0.2, 0.25) is 0 Å². The normalized spacial score (nSPS) is 10.6. The van der Waals surface area contributed by atoms with Crippen molar-refractivity contribution < 1.29 is 18.7 Å². The monoisotopic (exact) mass is 374 g/mol. The fourth-order valence-electron chi connectivity index (χ4n) is 2.96. The topological polar surface area (TPSA) is 73.6 Å². The number of nitrogens with one attached hydrogen (secondary N) is 1. The molecule has 140 valence electrons. The number of carbonyl (C=O) groups is 1. The van der Waals surface area contributed by atoms with Gasteiger partial charge in [-0.2, -0.15) is 4.98 Å². The molecular weight excluding hydrogens is 356 g/mol. The SMILES string of the molecule is COc1cccc(C(=O)Nc2nc3ccc(-c4ccccc4OC)cc3o2)c1. The fourth-order valence-corrected chi connectivity index (χ4v) is 2.96. The maximum Gasteiger partial charge on any atom is 0.302 e. The number of methoxy groups -OCH3 is 2. The van der Waals surface area contributed by atoms with E-state index in [1.165, 1.54) is 0 Å². The average molecular weight is 374 g/mol. The van der Waals surface area contributed by atoms with Gasteiger partial charge in [0.1, 0.15) is 17.0 Å². The number of aromatic nitrogens is 1. The number of hydrogen-bond donors (Lipinski definition) is 1. The van der Waals surface area contributed by atoms with Crippen molar-refractivity contribution in [3.8, 4) is 22.6 Å². The molecule has 0 atom stereocenters. The Kier molecular flexibility index (Phi) is 4.68. The fraction of sp³-hybridized carbons (Fsp3) is 0.0909. The Morgan fingerprint density at radius 3 is 2.64 bits per heavy atom. The zero-order valence-electron chi connectivity index (χ0n) is 15.4. The summed E-state index contributed by atoms with van der Waals surface area (Å²) in [5.41, 5.74) is 3.57. The molecule has 0 bridgehead atoms. The predicted molar refractivity (Wildman–Crippen MR) is 107 cm³/mol. The lowest BCUT2D eigenvalue weighted by Gasteiger charge is -2.07. The summed E-state index contributed by atoms with van der Waals surface area (Å²) in [6.45, 7) is 0. The van der Waals surface area contributed by atoms with Crippen LogP contribution in [0.3, 0.4) is 0 Å². The van der Waals surface area contributed by atoms with E-state index < -0.39 is 0 Å². The molecule has 0 saturated carbocycles. The van der Waals surface area contributed by atoms with E-state index >= 15 is 0 Å². The van der Waals surface area contributed by atoms with Crippen LogP contribution < -0.4 is 14.8 Å². The number of amides is 1. The van der Waals surface area contributed by atoms with E-state index in [0.717, 1.165) is 16.9 Å². The lowest BCUT2D eigenvalue weighted by Crippen LogP contribution is -2.12. The first-order chi connectivity index (χ1) is 13.7. The van der Waals surface area contributed by atoms with Gasteiger partial charge in [0.15, 0.2) is 5.58 Å². The highest BCUT2D eigenvalue weighted by Crippen LogP contribution is 2.32. The van der Waals surface area contributed by atoms with E-state index in [-0.39, 0.29) is 11.9 Å². The van der Waals surface area contributed by atoms with Crippen LogP contribution >= 0.6 is 0 Å². The molecule has 1 heterocycles. The summed E-state index contributed by atoms with van der Waals surface area (Å²) in [6.07, 6.45) is 0. The summed E-state index contributed by atoms with van der Waals surface area (Å²) in [7, 11) is 3.19. The summed E-state index contributed by atoms with van der Waals surface area (Å²) in [5, 5.41) is 2.68. The summed E-state index contributed by atoms with van der Waals surface area (Å²) >= 11 is 0. The number of para-hydroxylation sites is 1. The Morgan fingerprint density at radius 2 is 1.82 bits per heavy atom. The van der Waals surface area contributed by atoms with Crippen molar-refractivity contribution >= 4 is 23.0 Å². The van der Waals surface area contributed by atoms with Crippen LogP contribution in [-0.4, -0.2) is 25.1 Å². The van der Waals surface area contributed by atoms with E-state index in [0.29, 0.717) is 22.4 Å². The molecule has 1 N–H and O–H groups in total. The molecule has 28 heavy (non-hydrogen) atoms. The third-order valence-corrected chi connectivity index (χ3v) is 4.36. The third kappa shape index (κ3) is 3.40. The third-order valence-electron chi connectivity index (χ3n) is 4.36. The van der Waals surface area contributed by atoms with Crippen molar-refractivity contribution in [1.29, 1.82) is 0 Å². The molecule has 6 heteroatoms. The smallest absolute Gasteiger partial charge is 0.302 e. The number of carbonyl (C=O) groups excluding carboxylic acids is 1. The number of rotatable bonds is 5. The predicted octanol–water partition coefficient (Wildman–Crippen LogP) is 4.76. The van der Waals surface area contributed by atoms with E-state index in [1.54, 1.807) is 38.5 Å². The molecule has 3 aromatic carbocycles. The van der Waals surface area contributed by atoms with Gasteiger partial charge in [-0.05, 0) is 42.0 Å². The van der Waals surface area contributed by atoms with E-state index in [2.05, 4.69) is 10.3 Å². The van der Waals surface area contributed by atoms with Gasteiger partial charge < -0.3 is 13.9 Å². The Balaban J connectivity index is 1.62. The highest BCUT2D eigenvalue weighted by Gasteiger charge is 2.13. The molecule has 1 amide bonds. The van der Waals surface area contributed by atoms with Crippen LogP contribution in [-0.2, 0) is 0 Å². The molecule has 0 unspecified atom stereocenters. The maximum absolute atomic E-state index is 12.4. The van der Waals surface area contributed by atoms with Crippen molar-refractivity contribution in [2.24, 2.45) is 0 Å². The van der Waals surface area contributed by atoms with Gasteiger partial charge in [-0.3, -0.25) is 10.1 Å². The van der Waals surface area contributed by atoms with Gasteiger partial charge in [0.2, 0.25) is 0 Å². The van der Waals surface area contributed by atoms with Crippen molar-refractivity contribution in [2.75, 3.05) is 19.5 Å². The summed E-state index contributed by atoms with van der Waals surface area (Å²) in [5.74, 6) is 1.05. The minimum Gasteiger partial charge on any atom is -0.497 e. The Bertz CT molecular complexity index is 1150. The van der Waals surface area contributed by atoms with Gasteiger partial charge in [0.25, 0.3) is 5.91 Å². The number of hydrogen-bond acceptors (Lipinski definition) is 5. The molecule has 0 aliphatic heterocycles. The van der Waals surface area contributed by atoms with Crippen molar-refractivity contribution in [3.63, 3.8) is 0 Å². The summed E-state index contributed by atoms with van der Waals surface area (Å²) < 4.78 is 16.3. The van der Waals surface area contributed by atoms with Gasteiger partial charge >= 0.3 is 6.01 Å². The molecule has 0 aliphatic rings. The van der Waals surface area contributed by atoms with Gasteiger partial charge in [0, 0.05) is 11.1 Å². The number of anilines is 1. The summed E-state index contributed by atoms with van der Waals surface area (Å²) in [6, 6.07) is 20.4. The number of nitrogens with zero attached hydrogens (tertiary/aromatic N) is 1. The quantitative estimate of drug-likeness (QED) is 0.545. The second-order valence-electron chi connectivity index (χ2n) is 6.09. The van der Waals surface area contributed by atoms with Crippen LogP contribution in [0.15, 0.2) is 71.1 Å². The first kappa shape index (κ1) is 17.6. The van der Waals surface area contributed by atoms with Gasteiger partial charge in [-0.1, -0.05) is 30.3 Å². The number of benzene rings is 3. The van der Waals surface area contributed by atoms with Crippen molar-refractivity contribution in [2.45, 2.75) is 0 Å². The van der Waals surface area contributed by atoms with Crippen LogP contribution in [0.5, 0.6) is 11.5 Å². The molecule has 0 radical (unpaired) electrons. The Morgan fingerprint density at radius 1 is 0.964 bits per heavy atom. The number of oxazole rings is 1. The second-order valence-corrected chi connectivity index (χ2v) is 6.09. The average Bonchev–Trinajstić information content (AvgIpc) is 3.15. The molecule has 0 fully saturated rings. The molecule has 6 nitrogen and oxygen atoms in total. The molecule has 4 aromatic rings. The lowest BCUT2D eigenvalue weighted by molar-refractivity contribution is 0.102. The second kappa shape index (κ2) is 7.44. The van der Waals surface area contributed by atoms with Gasteiger partial charge in [0.05, 0.1) is 14.2 Å². The molecular formula is C22H18N2O4. The molecule has 1 aromatic heterocycles. The summed E-state index contributed by atoms with van der Waals surface area (Å²) in [4.78, 5) is 16.8. The first-order valence-electron chi connectivity index (χ1n) is 8.67. The minimum atomic E-state index is -0.324. The number of fused-ring (bicyclic) bond motifs is 1. The zero-order valence-corrected chi connectivity index (χ0v) is 15.4. The maximum atomic E-state index is 12.4. The molecule has 0 spiro atoms. The largest absolute Gasteiger partial charge is 0.497 e. The minimum absolute atomic E-state index is 0.139. The van der Waals surface area contributed by atoms with Crippen LogP contribution in [0.4, 0.5) is 6.01 Å². The van der Waals surface area contributed by atoms with Gasteiger partial charge in [-0.15, -0.1) is 0 Å². The molecule has 4 rings (SSSR count). The van der Waals surface area contributed by atoms with E-state index in [4.69, 9.17) is 13.9 Å². The Labute approximate surface area is 161 Å². The van der Waals surface area contributed by atoms with Crippen molar-refractivity contribution in [3.05, 3.63) is 72.3 Å². The van der Waals surface area contributed by atoms with E-state index in [9.17, 15) is 4.79 Å². The lowest BCUT2D eigenvalue weighted by atomic mass is 10.0. The van der Waals surface area contributed by atoms with Crippen LogP contribution in [0.1, 0.15) is 10.4 Å². The highest BCUT2D eigenvalue weighted by molar-refractivity contribution is 6.03. The molecule has 0 saturated heterocycles. The van der Waals surface area contributed by atoms with Crippen LogP contribution in [0, 0.1) is 0 Å². The van der Waals surface area contributed by atoms with Crippen molar-refractivity contribution in [1.82, 2.24) is 4.98 Å². The first-order valence-corrected chi connectivity index (χ1v) is 8.67.